The quantitative estimate of drug-likeness (QED) is 0.672. The molecule has 0 radical (unpaired) electrons. The molecule has 3 aromatic rings. The molecule has 2 heteroatoms. The summed E-state index contributed by atoms with van der Waals surface area (Å²) >= 11 is 0. The fraction of sp³-hybridized carbons (Fsp3) is 0.250. The van der Waals surface area contributed by atoms with E-state index in [1.54, 1.807) is 0 Å². The van der Waals surface area contributed by atoms with Crippen LogP contribution in [-0.2, 0) is 0 Å². The Balaban J connectivity index is 2.16. The van der Waals surface area contributed by atoms with Gasteiger partial charge in [0, 0.05) is 22.5 Å². The Morgan fingerprint density at radius 1 is 0.773 bits per heavy atom. The SMILES string of the molecule is Cc1ccc(Nc2cc(C)nc3c(C)c(C)ccc23)c(C)c1. The number of aromatic nitrogens is 1. The van der Waals surface area contributed by atoms with Crippen LogP contribution >= 0.6 is 0 Å². The van der Waals surface area contributed by atoms with Crippen LogP contribution in [0, 0.1) is 34.6 Å². The highest BCUT2D eigenvalue weighted by Crippen LogP contribution is 2.30. The summed E-state index contributed by atoms with van der Waals surface area (Å²) in [7, 11) is 0. The molecule has 3 rings (SSSR count). The standard InChI is InChI=1S/C20H22N2/c1-12-6-9-18(14(3)10-12)22-19-11-15(4)21-20-16(5)13(2)7-8-17(19)20/h6-11H,1-5H3,(H,21,22). The topological polar surface area (TPSA) is 24.9 Å². The molecule has 0 aliphatic heterocycles. The lowest BCUT2D eigenvalue weighted by atomic mass is 10.0. The number of hydrogen-bond donors (Lipinski definition) is 1. The Labute approximate surface area is 132 Å². The van der Waals surface area contributed by atoms with Crippen LogP contribution in [0.15, 0.2) is 36.4 Å². The van der Waals surface area contributed by atoms with E-state index in [0.717, 1.165) is 22.6 Å². The van der Waals surface area contributed by atoms with E-state index in [2.05, 4.69) is 69.4 Å². The lowest BCUT2D eigenvalue weighted by molar-refractivity contribution is 1.23. The molecular weight excluding hydrogens is 268 g/mol. The number of hydrogen-bond acceptors (Lipinski definition) is 2. The number of nitrogens with zero attached hydrogens (tertiary/aromatic N) is 1. The number of nitrogens with one attached hydrogen (secondary N) is 1. The van der Waals surface area contributed by atoms with E-state index in [1.807, 2.05) is 6.92 Å². The van der Waals surface area contributed by atoms with Crippen molar-refractivity contribution in [2.75, 3.05) is 5.32 Å². The Hall–Kier alpha value is -2.35. The molecule has 112 valence electrons. The zero-order valence-electron chi connectivity index (χ0n) is 13.9. The summed E-state index contributed by atoms with van der Waals surface area (Å²) in [4.78, 5) is 4.73. The van der Waals surface area contributed by atoms with Gasteiger partial charge in [0.15, 0.2) is 0 Å². The largest absolute Gasteiger partial charge is 0.355 e. The van der Waals surface area contributed by atoms with Gasteiger partial charge in [-0.2, -0.15) is 0 Å². The normalized spacial score (nSPS) is 11.0. The van der Waals surface area contributed by atoms with E-state index in [9.17, 15) is 0 Å². The minimum absolute atomic E-state index is 1.04. The van der Waals surface area contributed by atoms with E-state index in [-0.39, 0.29) is 0 Å². The van der Waals surface area contributed by atoms with Crippen LogP contribution in [-0.4, -0.2) is 4.98 Å². The van der Waals surface area contributed by atoms with Crippen LogP contribution in [0.2, 0.25) is 0 Å². The third kappa shape index (κ3) is 2.57. The number of rotatable bonds is 2. The second-order valence-corrected chi connectivity index (χ2v) is 6.16. The number of anilines is 2. The van der Waals surface area contributed by atoms with E-state index in [0.29, 0.717) is 0 Å². The van der Waals surface area contributed by atoms with Crippen molar-refractivity contribution in [2.45, 2.75) is 34.6 Å². The monoisotopic (exact) mass is 290 g/mol. The zero-order chi connectivity index (χ0) is 15.9. The Morgan fingerprint density at radius 2 is 1.55 bits per heavy atom. The Bertz CT molecular complexity index is 863. The molecule has 0 atom stereocenters. The second-order valence-electron chi connectivity index (χ2n) is 6.16. The third-order valence-corrected chi connectivity index (χ3v) is 4.28. The highest BCUT2D eigenvalue weighted by atomic mass is 14.9. The van der Waals surface area contributed by atoms with Crippen LogP contribution in [0.1, 0.15) is 27.9 Å². The average molecular weight is 290 g/mol. The predicted molar refractivity (Wildman–Crippen MR) is 95.2 cm³/mol. The molecule has 0 spiro atoms. The van der Waals surface area contributed by atoms with Crippen molar-refractivity contribution in [3.8, 4) is 0 Å². The lowest BCUT2D eigenvalue weighted by Crippen LogP contribution is -1.98. The summed E-state index contributed by atoms with van der Waals surface area (Å²) in [5, 5.41) is 4.76. The summed E-state index contributed by atoms with van der Waals surface area (Å²) in [6, 6.07) is 12.9. The number of fused-ring (bicyclic) bond motifs is 1. The first kappa shape index (κ1) is 14.6. The molecule has 1 heterocycles. The molecule has 0 bridgehead atoms. The second kappa shape index (κ2) is 5.45. The highest BCUT2D eigenvalue weighted by molar-refractivity contribution is 5.95. The maximum absolute atomic E-state index is 4.73. The average Bonchev–Trinajstić information content (AvgIpc) is 2.46. The van der Waals surface area contributed by atoms with Crippen molar-refractivity contribution in [2.24, 2.45) is 0 Å². The first-order valence-electron chi connectivity index (χ1n) is 7.67. The van der Waals surface area contributed by atoms with Crippen molar-refractivity contribution in [3.63, 3.8) is 0 Å². The first-order chi connectivity index (χ1) is 10.5. The van der Waals surface area contributed by atoms with E-state index < -0.39 is 0 Å². The summed E-state index contributed by atoms with van der Waals surface area (Å²) in [5.41, 5.74) is 9.47. The van der Waals surface area contributed by atoms with Crippen molar-refractivity contribution in [1.29, 1.82) is 0 Å². The molecular formula is C20H22N2. The molecule has 22 heavy (non-hydrogen) atoms. The van der Waals surface area contributed by atoms with Gasteiger partial charge in [0.25, 0.3) is 0 Å². The maximum Gasteiger partial charge on any atom is 0.0757 e. The summed E-state index contributed by atoms with van der Waals surface area (Å²) in [6.45, 7) is 10.6. The van der Waals surface area contributed by atoms with Gasteiger partial charge in [-0.3, -0.25) is 4.98 Å². The molecule has 1 N–H and O–H groups in total. The minimum atomic E-state index is 1.04. The number of benzene rings is 2. The van der Waals surface area contributed by atoms with Crippen molar-refractivity contribution in [1.82, 2.24) is 4.98 Å². The fourth-order valence-corrected chi connectivity index (χ4v) is 2.86. The molecule has 0 unspecified atom stereocenters. The number of pyridine rings is 1. The smallest absolute Gasteiger partial charge is 0.0757 e. The predicted octanol–water partition coefficient (Wildman–Crippen LogP) is 5.52. The summed E-state index contributed by atoms with van der Waals surface area (Å²) in [6.07, 6.45) is 0. The van der Waals surface area contributed by atoms with Crippen molar-refractivity contribution < 1.29 is 0 Å². The van der Waals surface area contributed by atoms with Crippen LogP contribution in [0.5, 0.6) is 0 Å². The fourth-order valence-electron chi connectivity index (χ4n) is 2.86. The van der Waals surface area contributed by atoms with Crippen LogP contribution in [0.4, 0.5) is 11.4 Å². The Morgan fingerprint density at radius 3 is 2.27 bits per heavy atom. The molecule has 2 aromatic carbocycles. The molecule has 0 amide bonds. The van der Waals surface area contributed by atoms with E-state index >= 15 is 0 Å². The maximum atomic E-state index is 4.73. The van der Waals surface area contributed by atoms with Gasteiger partial charge in [-0.1, -0.05) is 29.8 Å². The zero-order valence-corrected chi connectivity index (χ0v) is 13.9. The Kier molecular flexibility index (Phi) is 3.61. The minimum Gasteiger partial charge on any atom is -0.355 e. The van der Waals surface area contributed by atoms with Gasteiger partial charge in [-0.05, 0) is 63.4 Å². The molecule has 1 aromatic heterocycles. The summed E-state index contributed by atoms with van der Waals surface area (Å²) < 4.78 is 0. The van der Waals surface area contributed by atoms with Gasteiger partial charge in [0.1, 0.15) is 0 Å². The molecule has 2 nitrogen and oxygen atoms in total. The molecule has 0 fully saturated rings. The van der Waals surface area contributed by atoms with Gasteiger partial charge in [0.05, 0.1) is 5.52 Å². The highest BCUT2D eigenvalue weighted by Gasteiger charge is 2.09. The molecule has 0 saturated carbocycles. The molecule has 0 aliphatic rings. The van der Waals surface area contributed by atoms with Gasteiger partial charge < -0.3 is 5.32 Å². The lowest BCUT2D eigenvalue weighted by Gasteiger charge is -2.15. The van der Waals surface area contributed by atoms with E-state index in [1.165, 1.54) is 27.6 Å². The van der Waals surface area contributed by atoms with Crippen molar-refractivity contribution in [3.05, 3.63) is 64.3 Å². The van der Waals surface area contributed by atoms with Gasteiger partial charge in [0.2, 0.25) is 0 Å². The number of aryl methyl sites for hydroxylation is 5. The van der Waals surface area contributed by atoms with Gasteiger partial charge >= 0.3 is 0 Å². The molecule has 0 aliphatic carbocycles. The summed E-state index contributed by atoms with van der Waals surface area (Å²) in [5.74, 6) is 0. The van der Waals surface area contributed by atoms with Crippen LogP contribution < -0.4 is 5.32 Å². The van der Waals surface area contributed by atoms with Crippen LogP contribution in [0.25, 0.3) is 10.9 Å². The van der Waals surface area contributed by atoms with E-state index in [4.69, 9.17) is 4.98 Å². The van der Waals surface area contributed by atoms with Gasteiger partial charge in [-0.15, -0.1) is 0 Å². The third-order valence-electron chi connectivity index (χ3n) is 4.28. The van der Waals surface area contributed by atoms with Crippen molar-refractivity contribution >= 4 is 22.3 Å². The van der Waals surface area contributed by atoms with Crippen LogP contribution in [0.3, 0.4) is 0 Å². The van der Waals surface area contributed by atoms with Gasteiger partial charge in [-0.25, -0.2) is 0 Å². The molecule has 0 saturated heterocycles. The first-order valence-corrected chi connectivity index (χ1v) is 7.67.